The lowest BCUT2D eigenvalue weighted by Gasteiger charge is -2.26. The van der Waals surface area contributed by atoms with E-state index in [0.29, 0.717) is 0 Å². The molecule has 0 aliphatic heterocycles. The van der Waals surface area contributed by atoms with Gasteiger partial charge in [0.15, 0.2) is 0 Å². The molecule has 112 valence electrons. The second kappa shape index (κ2) is 6.00. The second-order valence-corrected chi connectivity index (χ2v) is 5.39. The van der Waals surface area contributed by atoms with Crippen LogP contribution in [0.5, 0.6) is 5.75 Å². The summed E-state index contributed by atoms with van der Waals surface area (Å²) in [4.78, 5) is 0. The van der Waals surface area contributed by atoms with Gasteiger partial charge in [-0.05, 0) is 30.7 Å². The fraction of sp³-hybridized carbons (Fsp3) is 0.250. The normalized spacial score (nSPS) is 13.8. The van der Waals surface area contributed by atoms with Gasteiger partial charge in [0.1, 0.15) is 17.4 Å². The Bertz CT molecular complexity index is 657. The van der Waals surface area contributed by atoms with E-state index in [-0.39, 0.29) is 28.3 Å². The van der Waals surface area contributed by atoms with Crippen LogP contribution in [0.25, 0.3) is 0 Å². The molecule has 2 nitrogen and oxygen atoms in total. The predicted molar refractivity (Wildman–Crippen MR) is 77.6 cm³/mol. The van der Waals surface area contributed by atoms with Gasteiger partial charge in [0.25, 0.3) is 0 Å². The monoisotopic (exact) mass is 312 g/mol. The lowest BCUT2D eigenvalue weighted by atomic mass is 9.88. The Balaban J connectivity index is 2.45. The summed E-state index contributed by atoms with van der Waals surface area (Å²) in [5.74, 6) is -1.01. The molecule has 2 rings (SSSR count). The summed E-state index contributed by atoms with van der Waals surface area (Å²) in [5.41, 5.74) is -1.44. The maximum Gasteiger partial charge on any atom is 0.145 e. The highest BCUT2D eigenvalue weighted by Gasteiger charge is 2.31. The third-order valence-corrected chi connectivity index (χ3v) is 3.59. The number of ether oxygens (including phenoxy) is 1. The van der Waals surface area contributed by atoms with E-state index >= 15 is 0 Å². The number of hydrogen-bond donors (Lipinski definition) is 1. The Hall–Kier alpha value is -1.65. The van der Waals surface area contributed by atoms with E-state index in [1.54, 1.807) is 12.1 Å². The SMILES string of the molecule is COc1cccc(F)c1C(C)(O)Cc1cccc(Cl)c1F. The smallest absolute Gasteiger partial charge is 0.145 e. The van der Waals surface area contributed by atoms with Gasteiger partial charge in [-0.15, -0.1) is 0 Å². The quantitative estimate of drug-likeness (QED) is 0.922. The summed E-state index contributed by atoms with van der Waals surface area (Å²) in [6.07, 6.45) is -0.128. The van der Waals surface area contributed by atoms with Gasteiger partial charge in [0.2, 0.25) is 0 Å². The molecule has 1 unspecified atom stereocenters. The van der Waals surface area contributed by atoms with Crippen molar-refractivity contribution in [1.29, 1.82) is 0 Å². The molecule has 1 atom stereocenters. The van der Waals surface area contributed by atoms with Crippen LogP contribution in [-0.4, -0.2) is 12.2 Å². The standard InChI is InChI=1S/C16H15ClF2O2/c1-16(20,9-10-5-3-6-11(17)15(10)19)14-12(18)7-4-8-13(14)21-2/h3-8,20H,9H2,1-2H3. The lowest BCUT2D eigenvalue weighted by Crippen LogP contribution is -2.27. The van der Waals surface area contributed by atoms with Gasteiger partial charge >= 0.3 is 0 Å². The molecule has 0 radical (unpaired) electrons. The van der Waals surface area contributed by atoms with E-state index < -0.39 is 17.2 Å². The van der Waals surface area contributed by atoms with Crippen molar-refractivity contribution in [3.8, 4) is 5.75 Å². The first-order chi connectivity index (χ1) is 9.86. The minimum atomic E-state index is -1.64. The molecule has 0 spiro atoms. The maximum absolute atomic E-state index is 14.1. The van der Waals surface area contributed by atoms with Crippen molar-refractivity contribution in [3.63, 3.8) is 0 Å². The van der Waals surface area contributed by atoms with Crippen LogP contribution in [0.2, 0.25) is 5.02 Å². The Labute approximate surface area is 126 Å². The second-order valence-electron chi connectivity index (χ2n) is 4.98. The summed E-state index contributed by atoms with van der Waals surface area (Å²) in [6, 6.07) is 8.74. The van der Waals surface area contributed by atoms with Crippen molar-refractivity contribution in [2.75, 3.05) is 7.11 Å². The first kappa shape index (κ1) is 15.7. The molecular formula is C16H15ClF2O2. The van der Waals surface area contributed by atoms with Gasteiger partial charge in [-0.1, -0.05) is 29.8 Å². The molecule has 2 aromatic carbocycles. The topological polar surface area (TPSA) is 29.5 Å². The van der Waals surface area contributed by atoms with Gasteiger partial charge in [0, 0.05) is 6.42 Å². The summed E-state index contributed by atoms with van der Waals surface area (Å²) in [6.45, 7) is 1.41. The van der Waals surface area contributed by atoms with E-state index in [1.807, 2.05) is 0 Å². The predicted octanol–water partition coefficient (Wildman–Crippen LogP) is 4.08. The first-order valence-electron chi connectivity index (χ1n) is 6.35. The zero-order chi connectivity index (χ0) is 15.6. The summed E-state index contributed by atoms with van der Waals surface area (Å²) < 4.78 is 33.1. The molecule has 0 aliphatic carbocycles. The van der Waals surface area contributed by atoms with Crippen molar-refractivity contribution in [2.45, 2.75) is 18.9 Å². The van der Waals surface area contributed by atoms with Crippen molar-refractivity contribution in [1.82, 2.24) is 0 Å². The van der Waals surface area contributed by atoms with E-state index in [1.165, 1.54) is 38.3 Å². The average Bonchev–Trinajstić information content (AvgIpc) is 2.43. The van der Waals surface area contributed by atoms with Crippen LogP contribution in [0.3, 0.4) is 0 Å². The van der Waals surface area contributed by atoms with Gasteiger partial charge < -0.3 is 9.84 Å². The molecule has 0 fully saturated rings. The van der Waals surface area contributed by atoms with E-state index in [9.17, 15) is 13.9 Å². The minimum Gasteiger partial charge on any atom is -0.496 e. The van der Waals surface area contributed by atoms with Gasteiger partial charge in [0.05, 0.1) is 23.3 Å². The van der Waals surface area contributed by atoms with Crippen molar-refractivity contribution in [3.05, 3.63) is 64.2 Å². The molecule has 2 aromatic rings. The number of rotatable bonds is 4. The average molecular weight is 313 g/mol. The molecule has 21 heavy (non-hydrogen) atoms. The molecule has 0 bridgehead atoms. The summed E-state index contributed by atoms with van der Waals surface area (Å²) in [5, 5.41) is 10.6. The Kier molecular flexibility index (Phi) is 4.49. The first-order valence-corrected chi connectivity index (χ1v) is 6.73. The largest absolute Gasteiger partial charge is 0.496 e. The molecule has 0 saturated carbocycles. The van der Waals surface area contributed by atoms with Crippen molar-refractivity contribution in [2.24, 2.45) is 0 Å². The molecule has 0 aromatic heterocycles. The number of hydrogen-bond acceptors (Lipinski definition) is 2. The lowest BCUT2D eigenvalue weighted by molar-refractivity contribution is 0.0501. The van der Waals surface area contributed by atoms with E-state index in [2.05, 4.69) is 0 Å². The number of halogens is 3. The number of methoxy groups -OCH3 is 1. The highest BCUT2D eigenvalue weighted by molar-refractivity contribution is 6.30. The van der Waals surface area contributed by atoms with E-state index in [0.717, 1.165) is 0 Å². The summed E-state index contributed by atoms with van der Waals surface area (Å²) >= 11 is 5.72. The Morgan fingerprint density at radius 3 is 2.52 bits per heavy atom. The third kappa shape index (κ3) is 3.17. The highest BCUT2D eigenvalue weighted by atomic mass is 35.5. The summed E-state index contributed by atoms with van der Waals surface area (Å²) in [7, 11) is 1.38. The fourth-order valence-corrected chi connectivity index (χ4v) is 2.54. The molecule has 0 amide bonds. The fourth-order valence-electron chi connectivity index (χ4n) is 2.34. The molecule has 1 N–H and O–H groups in total. The zero-order valence-electron chi connectivity index (χ0n) is 11.7. The Morgan fingerprint density at radius 2 is 1.86 bits per heavy atom. The molecule has 0 aliphatic rings. The van der Waals surface area contributed by atoms with Crippen LogP contribution < -0.4 is 4.74 Å². The highest BCUT2D eigenvalue weighted by Crippen LogP contribution is 2.35. The van der Waals surface area contributed by atoms with E-state index in [4.69, 9.17) is 16.3 Å². The molecule has 0 saturated heterocycles. The number of benzene rings is 2. The zero-order valence-corrected chi connectivity index (χ0v) is 12.4. The Morgan fingerprint density at radius 1 is 1.19 bits per heavy atom. The van der Waals surface area contributed by atoms with Crippen molar-refractivity contribution < 1.29 is 18.6 Å². The molecular weight excluding hydrogens is 298 g/mol. The van der Waals surface area contributed by atoms with Gasteiger partial charge in [-0.2, -0.15) is 0 Å². The van der Waals surface area contributed by atoms with Crippen LogP contribution >= 0.6 is 11.6 Å². The van der Waals surface area contributed by atoms with Gasteiger partial charge in [-0.25, -0.2) is 8.78 Å². The molecule has 0 heterocycles. The van der Waals surface area contributed by atoms with Crippen LogP contribution in [0.1, 0.15) is 18.1 Å². The van der Waals surface area contributed by atoms with Gasteiger partial charge in [-0.3, -0.25) is 0 Å². The van der Waals surface area contributed by atoms with Crippen LogP contribution in [0, 0.1) is 11.6 Å². The third-order valence-electron chi connectivity index (χ3n) is 3.30. The molecule has 5 heteroatoms. The van der Waals surface area contributed by atoms with Crippen LogP contribution in [0.4, 0.5) is 8.78 Å². The number of aliphatic hydroxyl groups is 1. The van der Waals surface area contributed by atoms with Crippen LogP contribution in [-0.2, 0) is 12.0 Å². The van der Waals surface area contributed by atoms with Crippen LogP contribution in [0.15, 0.2) is 36.4 Å². The minimum absolute atomic E-state index is 0.00752. The maximum atomic E-state index is 14.1. The van der Waals surface area contributed by atoms with Crippen molar-refractivity contribution >= 4 is 11.6 Å².